The Morgan fingerprint density at radius 3 is 2.65 bits per heavy atom. The topological polar surface area (TPSA) is 67.4 Å². The van der Waals surface area contributed by atoms with E-state index < -0.39 is 23.2 Å². The number of alkyl halides is 3. The number of morpholine rings is 1. The van der Waals surface area contributed by atoms with Gasteiger partial charge in [-0.15, -0.1) is 0 Å². The highest BCUT2D eigenvalue weighted by Gasteiger charge is 2.34. The summed E-state index contributed by atoms with van der Waals surface area (Å²) in [5.74, 6) is -0.291. The van der Waals surface area contributed by atoms with Gasteiger partial charge in [0.2, 0.25) is 5.95 Å². The van der Waals surface area contributed by atoms with E-state index in [0.29, 0.717) is 37.9 Å². The summed E-state index contributed by atoms with van der Waals surface area (Å²) in [5.41, 5.74) is -0.865. The lowest BCUT2D eigenvalue weighted by Crippen LogP contribution is -2.37. The van der Waals surface area contributed by atoms with Crippen molar-refractivity contribution in [3.05, 3.63) is 53.3 Å². The van der Waals surface area contributed by atoms with Crippen LogP contribution in [0, 0.1) is 0 Å². The third kappa shape index (κ3) is 4.29. The van der Waals surface area contributed by atoms with Crippen molar-refractivity contribution in [2.45, 2.75) is 12.7 Å². The number of nitrogens with one attached hydrogen (secondary N) is 1. The molecule has 0 spiro atoms. The third-order valence-corrected chi connectivity index (χ3v) is 3.90. The number of carbonyl (C=O) groups excluding carboxylic acids is 1. The fourth-order valence-electron chi connectivity index (χ4n) is 2.59. The van der Waals surface area contributed by atoms with Crippen LogP contribution in [0.1, 0.15) is 21.6 Å². The van der Waals surface area contributed by atoms with E-state index >= 15 is 0 Å². The molecule has 26 heavy (non-hydrogen) atoms. The number of aromatic nitrogens is 2. The molecule has 0 saturated carbocycles. The molecule has 0 unspecified atom stereocenters. The molecule has 1 aliphatic heterocycles. The van der Waals surface area contributed by atoms with E-state index in [9.17, 15) is 18.0 Å². The number of anilines is 1. The number of ether oxygens (including phenoxy) is 1. The Kier molecular flexibility index (Phi) is 5.36. The fourth-order valence-corrected chi connectivity index (χ4v) is 2.59. The number of hydrogen-bond donors (Lipinski definition) is 1. The van der Waals surface area contributed by atoms with Gasteiger partial charge in [0.05, 0.1) is 36.6 Å². The van der Waals surface area contributed by atoms with Crippen LogP contribution in [0.25, 0.3) is 0 Å². The lowest BCUT2D eigenvalue weighted by Gasteiger charge is -2.26. The Bertz CT molecular complexity index is 777. The first-order valence-corrected chi connectivity index (χ1v) is 8.04. The van der Waals surface area contributed by atoms with Gasteiger partial charge in [0.1, 0.15) is 0 Å². The molecule has 2 heterocycles. The largest absolute Gasteiger partial charge is 0.417 e. The molecule has 1 fully saturated rings. The van der Waals surface area contributed by atoms with Gasteiger partial charge < -0.3 is 15.0 Å². The maximum Gasteiger partial charge on any atom is 0.417 e. The van der Waals surface area contributed by atoms with E-state index in [0.717, 1.165) is 12.1 Å². The lowest BCUT2D eigenvalue weighted by atomic mass is 10.1. The summed E-state index contributed by atoms with van der Waals surface area (Å²) in [5, 5.41) is 2.49. The third-order valence-electron chi connectivity index (χ3n) is 3.90. The summed E-state index contributed by atoms with van der Waals surface area (Å²) in [4.78, 5) is 22.7. The van der Waals surface area contributed by atoms with Gasteiger partial charge in [0.25, 0.3) is 5.91 Å². The first-order valence-electron chi connectivity index (χ1n) is 8.04. The zero-order chi connectivity index (χ0) is 18.6. The predicted molar refractivity (Wildman–Crippen MR) is 87.7 cm³/mol. The van der Waals surface area contributed by atoms with Crippen molar-refractivity contribution in [1.29, 1.82) is 0 Å². The van der Waals surface area contributed by atoms with E-state index in [1.54, 1.807) is 12.3 Å². The van der Waals surface area contributed by atoms with Crippen molar-refractivity contribution in [2.75, 3.05) is 31.2 Å². The van der Waals surface area contributed by atoms with Gasteiger partial charge in [-0.1, -0.05) is 12.1 Å². The van der Waals surface area contributed by atoms with Gasteiger partial charge >= 0.3 is 6.18 Å². The van der Waals surface area contributed by atoms with Crippen LogP contribution < -0.4 is 10.2 Å². The Morgan fingerprint density at radius 1 is 1.19 bits per heavy atom. The minimum atomic E-state index is -4.59. The van der Waals surface area contributed by atoms with Crippen LogP contribution in [0.2, 0.25) is 0 Å². The standard InChI is InChI=1S/C17H17F3N4O2/c18-17(19,20)14-4-2-1-3-13(14)15(25)22-11-12-5-6-21-16(23-12)24-7-9-26-10-8-24/h1-6H,7-11H2,(H,22,25). The molecule has 9 heteroatoms. The first kappa shape index (κ1) is 18.1. The van der Waals surface area contributed by atoms with E-state index in [1.165, 1.54) is 12.1 Å². The molecule has 0 atom stereocenters. The molecular formula is C17H17F3N4O2. The highest BCUT2D eigenvalue weighted by atomic mass is 19.4. The molecule has 2 aromatic rings. The predicted octanol–water partition coefficient (Wildman–Crippen LogP) is 2.26. The van der Waals surface area contributed by atoms with E-state index in [-0.39, 0.29) is 6.54 Å². The highest BCUT2D eigenvalue weighted by Crippen LogP contribution is 2.31. The molecule has 0 bridgehead atoms. The van der Waals surface area contributed by atoms with Gasteiger partial charge in [-0.3, -0.25) is 4.79 Å². The van der Waals surface area contributed by atoms with E-state index in [1.807, 2.05) is 4.90 Å². The van der Waals surface area contributed by atoms with Gasteiger partial charge in [0, 0.05) is 19.3 Å². The van der Waals surface area contributed by atoms with E-state index in [2.05, 4.69) is 15.3 Å². The van der Waals surface area contributed by atoms with Crippen molar-refractivity contribution in [1.82, 2.24) is 15.3 Å². The number of carbonyl (C=O) groups is 1. The molecule has 0 radical (unpaired) electrons. The Hall–Kier alpha value is -2.68. The number of hydrogen-bond acceptors (Lipinski definition) is 5. The van der Waals surface area contributed by atoms with Crippen LogP contribution in [0.4, 0.5) is 19.1 Å². The summed E-state index contributed by atoms with van der Waals surface area (Å²) in [7, 11) is 0. The van der Waals surface area contributed by atoms with Crippen molar-refractivity contribution in [3.63, 3.8) is 0 Å². The van der Waals surface area contributed by atoms with Crippen LogP contribution in [0.5, 0.6) is 0 Å². The van der Waals surface area contributed by atoms with Crippen LogP contribution in [0.3, 0.4) is 0 Å². The maximum absolute atomic E-state index is 13.0. The maximum atomic E-state index is 13.0. The monoisotopic (exact) mass is 366 g/mol. The summed E-state index contributed by atoms with van der Waals surface area (Å²) < 4.78 is 44.3. The lowest BCUT2D eigenvalue weighted by molar-refractivity contribution is -0.137. The quantitative estimate of drug-likeness (QED) is 0.899. The molecule has 1 aliphatic rings. The molecule has 1 aromatic carbocycles. The molecule has 1 saturated heterocycles. The average molecular weight is 366 g/mol. The molecule has 1 N–H and O–H groups in total. The van der Waals surface area contributed by atoms with Crippen LogP contribution in [0.15, 0.2) is 36.5 Å². The number of amides is 1. The fraction of sp³-hybridized carbons (Fsp3) is 0.353. The summed E-state index contributed by atoms with van der Waals surface area (Å²) in [6.45, 7) is 2.49. The van der Waals surface area contributed by atoms with Gasteiger partial charge in [-0.25, -0.2) is 9.97 Å². The van der Waals surface area contributed by atoms with Gasteiger partial charge in [-0.05, 0) is 18.2 Å². The first-order chi connectivity index (χ1) is 12.4. The minimum Gasteiger partial charge on any atom is -0.378 e. The average Bonchev–Trinajstić information content (AvgIpc) is 2.66. The van der Waals surface area contributed by atoms with Gasteiger partial charge in [-0.2, -0.15) is 13.2 Å². The second-order valence-electron chi connectivity index (χ2n) is 5.67. The zero-order valence-corrected chi connectivity index (χ0v) is 13.8. The van der Waals surface area contributed by atoms with Crippen LogP contribution >= 0.6 is 0 Å². The summed E-state index contributed by atoms with van der Waals surface area (Å²) >= 11 is 0. The number of halogens is 3. The molecular weight excluding hydrogens is 349 g/mol. The number of rotatable bonds is 4. The number of nitrogens with zero attached hydrogens (tertiary/aromatic N) is 3. The van der Waals surface area contributed by atoms with Crippen LogP contribution in [-0.2, 0) is 17.5 Å². The van der Waals surface area contributed by atoms with Crippen molar-refractivity contribution in [3.8, 4) is 0 Å². The molecule has 6 nitrogen and oxygen atoms in total. The zero-order valence-electron chi connectivity index (χ0n) is 13.8. The second-order valence-corrected chi connectivity index (χ2v) is 5.67. The molecule has 3 rings (SSSR count). The number of benzene rings is 1. The van der Waals surface area contributed by atoms with Crippen molar-refractivity contribution in [2.24, 2.45) is 0 Å². The normalized spacial score (nSPS) is 15.0. The SMILES string of the molecule is O=C(NCc1ccnc(N2CCOCC2)n1)c1ccccc1C(F)(F)F. The summed E-state index contributed by atoms with van der Waals surface area (Å²) in [6.07, 6.45) is -3.03. The molecule has 138 valence electrons. The Labute approximate surface area is 148 Å². The highest BCUT2D eigenvalue weighted by molar-refractivity contribution is 5.95. The van der Waals surface area contributed by atoms with Crippen LogP contribution in [-0.4, -0.2) is 42.2 Å². The smallest absolute Gasteiger partial charge is 0.378 e. The Balaban J connectivity index is 1.69. The van der Waals surface area contributed by atoms with Crippen molar-refractivity contribution >= 4 is 11.9 Å². The van der Waals surface area contributed by atoms with E-state index in [4.69, 9.17) is 4.74 Å². The summed E-state index contributed by atoms with van der Waals surface area (Å²) in [6, 6.07) is 6.29. The van der Waals surface area contributed by atoms with Crippen molar-refractivity contribution < 1.29 is 22.7 Å². The molecule has 1 aromatic heterocycles. The molecule has 1 amide bonds. The second kappa shape index (κ2) is 7.69. The Morgan fingerprint density at radius 2 is 1.92 bits per heavy atom. The van der Waals surface area contributed by atoms with Gasteiger partial charge in [0.15, 0.2) is 0 Å². The minimum absolute atomic E-state index is 0.00485. The molecule has 0 aliphatic carbocycles.